The third kappa shape index (κ3) is 3.14. The Morgan fingerprint density at radius 2 is 1.84 bits per heavy atom. The van der Waals surface area contributed by atoms with Gasteiger partial charge in [-0.15, -0.1) is 0 Å². The fourth-order valence-electron chi connectivity index (χ4n) is 2.40. The first-order valence-electron chi connectivity index (χ1n) is 6.90. The van der Waals surface area contributed by atoms with Gasteiger partial charge in [0.25, 0.3) is 5.91 Å². The van der Waals surface area contributed by atoms with Crippen molar-refractivity contribution in [2.24, 2.45) is 5.92 Å². The molecule has 1 aromatic carbocycles. The summed E-state index contributed by atoms with van der Waals surface area (Å²) in [5.41, 5.74) is 2.00. The van der Waals surface area contributed by atoms with E-state index in [0.717, 1.165) is 18.4 Å². The maximum absolute atomic E-state index is 12.3. The van der Waals surface area contributed by atoms with Crippen LogP contribution in [-0.4, -0.2) is 23.9 Å². The van der Waals surface area contributed by atoms with Crippen LogP contribution in [0.4, 0.5) is 0 Å². The first-order chi connectivity index (χ1) is 9.11. The van der Waals surface area contributed by atoms with Crippen molar-refractivity contribution in [2.45, 2.75) is 32.6 Å². The standard InChI is InChI=1S/C16H20N2O/c1-12(2)14-3-5-15(6-4-14)16(19)18-9-7-13(11-17)8-10-18/h3-6,12-13H,7-10H2,1-2H3. The number of benzene rings is 1. The Morgan fingerprint density at radius 3 is 2.32 bits per heavy atom. The molecule has 3 heteroatoms. The molecular formula is C16H20N2O. The molecule has 0 aliphatic carbocycles. The quantitative estimate of drug-likeness (QED) is 0.815. The molecule has 1 aliphatic heterocycles. The highest BCUT2D eigenvalue weighted by Gasteiger charge is 2.23. The van der Waals surface area contributed by atoms with Crippen LogP contribution >= 0.6 is 0 Å². The van der Waals surface area contributed by atoms with Crippen LogP contribution < -0.4 is 0 Å². The summed E-state index contributed by atoms with van der Waals surface area (Å²) < 4.78 is 0. The summed E-state index contributed by atoms with van der Waals surface area (Å²) in [5, 5.41) is 8.86. The van der Waals surface area contributed by atoms with E-state index in [1.54, 1.807) is 0 Å². The number of nitriles is 1. The van der Waals surface area contributed by atoms with Gasteiger partial charge >= 0.3 is 0 Å². The van der Waals surface area contributed by atoms with Gasteiger partial charge in [-0.2, -0.15) is 5.26 Å². The van der Waals surface area contributed by atoms with E-state index in [-0.39, 0.29) is 11.8 Å². The molecule has 1 fully saturated rings. The predicted molar refractivity (Wildman–Crippen MR) is 74.8 cm³/mol. The van der Waals surface area contributed by atoms with E-state index in [0.29, 0.717) is 19.0 Å². The molecule has 1 aromatic rings. The number of hydrogen-bond donors (Lipinski definition) is 0. The Hall–Kier alpha value is -1.82. The highest BCUT2D eigenvalue weighted by molar-refractivity contribution is 5.94. The Bertz CT molecular complexity index is 476. The molecule has 0 atom stereocenters. The van der Waals surface area contributed by atoms with Crippen molar-refractivity contribution in [1.29, 1.82) is 5.26 Å². The van der Waals surface area contributed by atoms with Crippen LogP contribution in [0.5, 0.6) is 0 Å². The van der Waals surface area contributed by atoms with Crippen molar-refractivity contribution >= 4 is 5.91 Å². The van der Waals surface area contributed by atoms with Crippen molar-refractivity contribution < 1.29 is 4.79 Å². The highest BCUT2D eigenvalue weighted by Crippen LogP contribution is 2.20. The van der Waals surface area contributed by atoms with Gasteiger partial charge in [0, 0.05) is 24.6 Å². The summed E-state index contributed by atoms with van der Waals surface area (Å²) in [7, 11) is 0. The van der Waals surface area contributed by atoms with Gasteiger partial charge in [-0.1, -0.05) is 26.0 Å². The Balaban J connectivity index is 2.02. The lowest BCUT2D eigenvalue weighted by atomic mass is 9.97. The zero-order chi connectivity index (χ0) is 13.8. The molecule has 1 heterocycles. The smallest absolute Gasteiger partial charge is 0.253 e. The van der Waals surface area contributed by atoms with Crippen molar-refractivity contribution in [3.63, 3.8) is 0 Å². The van der Waals surface area contributed by atoms with Crippen LogP contribution in [0.3, 0.4) is 0 Å². The van der Waals surface area contributed by atoms with Crippen LogP contribution in [0, 0.1) is 17.2 Å². The summed E-state index contributed by atoms with van der Waals surface area (Å²) in [5.74, 6) is 0.689. The summed E-state index contributed by atoms with van der Waals surface area (Å²) in [6, 6.07) is 10.2. The second-order valence-electron chi connectivity index (χ2n) is 5.47. The van der Waals surface area contributed by atoms with Gasteiger partial charge in [0.2, 0.25) is 0 Å². The van der Waals surface area contributed by atoms with Crippen molar-refractivity contribution in [3.05, 3.63) is 35.4 Å². The van der Waals surface area contributed by atoms with E-state index in [1.807, 2.05) is 29.2 Å². The normalized spacial score (nSPS) is 16.4. The maximum Gasteiger partial charge on any atom is 0.253 e. The minimum Gasteiger partial charge on any atom is -0.339 e. The van der Waals surface area contributed by atoms with Crippen LogP contribution in [0.25, 0.3) is 0 Å². The van der Waals surface area contributed by atoms with Crippen molar-refractivity contribution in [2.75, 3.05) is 13.1 Å². The fraction of sp³-hybridized carbons (Fsp3) is 0.500. The monoisotopic (exact) mass is 256 g/mol. The van der Waals surface area contributed by atoms with Gasteiger partial charge in [-0.3, -0.25) is 4.79 Å². The summed E-state index contributed by atoms with van der Waals surface area (Å²) >= 11 is 0. The van der Waals surface area contributed by atoms with Gasteiger partial charge in [0.1, 0.15) is 0 Å². The van der Waals surface area contributed by atoms with E-state index < -0.39 is 0 Å². The number of nitrogens with zero attached hydrogens (tertiary/aromatic N) is 2. The molecule has 1 saturated heterocycles. The number of likely N-dealkylation sites (tertiary alicyclic amines) is 1. The molecule has 0 radical (unpaired) electrons. The van der Waals surface area contributed by atoms with E-state index in [1.165, 1.54) is 5.56 Å². The van der Waals surface area contributed by atoms with Gasteiger partial charge < -0.3 is 4.90 Å². The molecule has 0 bridgehead atoms. The lowest BCUT2D eigenvalue weighted by molar-refractivity contribution is 0.0707. The van der Waals surface area contributed by atoms with Gasteiger partial charge in [-0.05, 0) is 36.5 Å². The average Bonchev–Trinajstić information content (AvgIpc) is 2.46. The predicted octanol–water partition coefficient (Wildman–Crippen LogP) is 3.19. The minimum atomic E-state index is 0.0895. The molecule has 0 aromatic heterocycles. The summed E-state index contributed by atoms with van der Waals surface area (Å²) in [6.45, 7) is 5.68. The highest BCUT2D eigenvalue weighted by atomic mass is 16.2. The van der Waals surface area contributed by atoms with Crippen LogP contribution in [-0.2, 0) is 0 Å². The SMILES string of the molecule is CC(C)c1ccc(C(=O)N2CCC(C#N)CC2)cc1. The van der Waals surface area contributed by atoms with E-state index in [4.69, 9.17) is 5.26 Å². The largest absolute Gasteiger partial charge is 0.339 e. The second-order valence-corrected chi connectivity index (χ2v) is 5.47. The number of rotatable bonds is 2. The first kappa shape index (κ1) is 13.6. The zero-order valence-electron chi connectivity index (χ0n) is 11.6. The lowest BCUT2D eigenvalue weighted by Gasteiger charge is -2.29. The van der Waals surface area contributed by atoms with Crippen molar-refractivity contribution in [1.82, 2.24) is 4.90 Å². The van der Waals surface area contributed by atoms with Crippen LogP contribution in [0.2, 0.25) is 0 Å². The van der Waals surface area contributed by atoms with E-state index >= 15 is 0 Å². The molecule has 0 saturated carbocycles. The molecule has 0 spiro atoms. The van der Waals surface area contributed by atoms with Crippen LogP contribution in [0.15, 0.2) is 24.3 Å². The maximum atomic E-state index is 12.3. The average molecular weight is 256 g/mol. The first-order valence-corrected chi connectivity index (χ1v) is 6.90. The second kappa shape index (κ2) is 5.88. The van der Waals surface area contributed by atoms with E-state index in [2.05, 4.69) is 19.9 Å². The Kier molecular flexibility index (Phi) is 4.21. The number of carbonyl (C=O) groups is 1. The number of hydrogen-bond acceptors (Lipinski definition) is 2. The van der Waals surface area contributed by atoms with Gasteiger partial charge in [0.15, 0.2) is 0 Å². The molecule has 1 aliphatic rings. The fourth-order valence-corrected chi connectivity index (χ4v) is 2.40. The third-order valence-electron chi connectivity index (χ3n) is 3.79. The third-order valence-corrected chi connectivity index (χ3v) is 3.79. The minimum absolute atomic E-state index is 0.0895. The topological polar surface area (TPSA) is 44.1 Å². The molecule has 100 valence electrons. The molecule has 1 amide bonds. The number of carbonyl (C=O) groups excluding carboxylic acids is 1. The van der Waals surface area contributed by atoms with Crippen molar-refractivity contribution in [3.8, 4) is 6.07 Å². The molecule has 3 nitrogen and oxygen atoms in total. The lowest BCUT2D eigenvalue weighted by Crippen LogP contribution is -2.38. The molecule has 2 rings (SSSR count). The van der Waals surface area contributed by atoms with E-state index in [9.17, 15) is 4.79 Å². The molecule has 0 unspecified atom stereocenters. The molecule has 0 N–H and O–H groups in total. The van der Waals surface area contributed by atoms with Gasteiger partial charge in [-0.25, -0.2) is 0 Å². The Labute approximate surface area is 114 Å². The zero-order valence-corrected chi connectivity index (χ0v) is 11.6. The number of amides is 1. The molecular weight excluding hydrogens is 236 g/mol. The number of piperidine rings is 1. The summed E-state index contributed by atoms with van der Waals surface area (Å²) in [4.78, 5) is 14.2. The molecule has 19 heavy (non-hydrogen) atoms. The Morgan fingerprint density at radius 1 is 1.26 bits per heavy atom. The summed E-state index contributed by atoms with van der Waals surface area (Å²) in [6.07, 6.45) is 1.60. The van der Waals surface area contributed by atoms with Crippen LogP contribution in [0.1, 0.15) is 48.5 Å². The van der Waals surface area contributed by atoms with Gasteiger partial charge in [0.05, 0.1) is 6.07 Å².